The Morgan fingerprint density at radius 3 is 1.66 bits per heavy atom. The van der Waals surface area contributed by atoms with Gasteiger partial charge in [-0.05, 0) is 24.3 Å². The van der Waals surface area contributed by atoms with Crippen molar-refractivity contribution in [1.29, 1.82) is 0 Å². The van der Waals surface area contributed by atoms with Crippen molar-refractivity contribution < 1.29 is 42.1 Å². The molecule has 0 aliphatic rings. The molecule has 7 nitrogen and oxygen atoms in total. The lowest BCUT2D eigenvalue weighted by atomic mass is 10.2. The van der Waals surface area contributed by atoms with E-state index in [4.69, 9.17) is 14.2 Å². The molecule has 0 amide bonds. The molecule has 0 aliphatic heterocycles. The highest BCUT2D eigenvalue weighted by molar-refractivity contribution is 5.90. The number of halogens is 2. The third-order valence-electron chi connectivity index (χ3n) is 3.55. The van der Waals surface area contributed by atoms with Crippen LogP contribution in [0, 0.1) is 11.6 Å². The van der Waals surface area contributed by atoms with Gasteiger partial charge in [0.15, 0.2) is 6.79 Å². The molecule has 0 N–H and O–H groups in total. The molecule has 9 heteroatoms. The number of hydrogen-bond donors (Lipinski definition) is 0. The summed E-state index contributed by atoms with van der Waals surface area (Å²) in [5.74, 6) is -4.05. The van der Waals surface area contributed by atoms with E-state index < -0.39 is 55.7 Å². The van der Waals surface area contributed by atoms with Crippen LogP contribution in [0.2, 0.25) is 0 Å². The minimum absolute atomic E-state index is 0.283. The standard InChI is InChI=1S/C20H18F2O7/c1-13(23)28-12-29-14(10-26-19(24)15-6-2-4-8-17(15)21)11-27-20(25)16-7-3-5-9-18(16)22/h2-9,14H,10-12H2,1H3. The Labute approximate surface area is 165 Å². The number of rotatable bonds is 9. The monoisotopic (exact) mass is 408 g/mol. The van der Waals surface area contributed by atoms with E-state index in [0.717, 1.165) is 19.1 Å². The van der Waals surface area contributed by atoms with Crippen LogP contribution in [0.15, 0.2) is 48.5 Å². The average molecular weight is 408 g/mol. The van der Waals surface area contributed by atoms with E-state index in [1.807, 2.05) is 0 Å². The third-order valence-corrected chi connectivity index (χ3v) is 3.55. The number of hydrogen-bond acceptors (Lipinski definition) is 7. The molecule has 154 valence electrons. The van der Waals surface area contributed by atoms with Crippen LogP contribution in [-0.2, 0) is 23.7 Å². The zero-order chi connectivity index (χ0) is 21.2. The van der Waals surface area contributed by atoms with Gasteiger partial charge in [0.1, 0.15) is 31.0 Å². The summed E-state index contributed by atoms with van der Waals surface area (Å²) in [4.78, 5) is 34.8. The highest BCUT2D eigenvalue weighted by atomic mass is 19.1. The Hall–Kier alpha value is -3.33. The van der Waals surface area contributed by atoms with Crippen LogP contribution in [-0.4, -0.2) is 44.0 Å². The van der Waals surface area contributed by atoms with Crippen molar-refractivity contribution in [3.05, 3.63) is 71.3 Å². The molecule has 0 spiro atoms. The van der Waals surface area contributed by atoms with E-state index >= 15 is 0 Å². The van der Waals surface area contributed by atoms with Gasteiger partial charge in [0, 0.05) is 6.92 Å². The Morgan fingerprint density at radius 1 is 0.793 bits per heavy atom. The summed E-state index contributed by atoms with van der Waals surface area (Å²) in [5, 5.41) is 0. The summed E-state index contributed by atoms with van der Waals surface area (Å²) in [6.07, 6.45) is -1.04. The summed E-state index contributed by atoms with van der Waals surface area (Å²) >= 11 is 0. The number of benzene rings is 2. The fourth-order valence-electron chi connectivity index (χ4n) is 2.10. The SMILES string of the molecule is CC(=O)OCOC(COC(=O)c1ccccc1F)COC(=O)c1ccccc1F. The first-order chi connectivity index (χ1) is 13.9. The highest BCUT2D eigenvalue weighted by Crippen LogP contribution is 2.11. The summed E-state index contributed by atoms with van der Waals surface area (Å²) < 4.78 is 47.1. The summed E-state index contributed by atoms with van der Waals surface area (Å²) in [5.41, 5.74) is -0.566. The molecule has 29 heavy (non-hydrogen) atoms. The molecule has 0 heterocycles. The van der Waals surface area contributed by atoms with Crippen LogP contribution < -0.4 is 0 Å². The van der Waals surface area contributed by atoms with Gasteiger partial charge in [0.2, 0.25) is 0 Å². The fraction of sp³-hybridized carbons (Fsp3) is 0.250. The Bertz CT molecular complexity index is 808. The molecule has 0 saturated heterocycles. The van der Waals surface area contributed by atoms with Gasteiger partial charge in [0.25, 0.3) is 0 Å². The maximum absolute atomic E-state index is 13.6. The van der Waals surface area contributed by atoms with Crippen molar-refractivity contribution in [1.82, 2.24) is 0 Å². The molecule has 2 aromatic carbocycles. The van der Waals surface area contributed by atoms with Crippen LogP contribution in [0.25, 0.3) is 0 Å². The van der Waals surface area contributed by atoms with Crippen LogP contribution in [0.3, 0.4) is 0 Å². The molecule has 0 aromatic heterocycles. The van der Waals surface area contributed by atoms with E-state index in [0.29, 0.717) is 0 Å². The largest absolute Gasteiger partial charge is 0.459 e. The summed E-state index contributed by atoms with van der Waals surface area (Å²) in [7, 11) is 0. The number of carbonyl (C=O) groups excluding carboxylic acids is 3. The zero-order valence-corrected chi connectivity index (χ0v) is 15.4. The molecular formula is C20H18F2O7. The molecule has 2 aromatic rings. The van der Waals surface area contributed by atoms with Crippen LogP contribution in [0.5, 0.6) is 0 Å². The predicted molar refractivity (Wildman–Crippen MR) is 94.9 cm³/mol. The first kappa shape index (κ1) is 22.0. The van der Waals surface area contributed by atoms with Gasteiger partial charge in [-0.3, -0.25) is 4.79 Å². The van der Waals surface area contributed by atoms with Gasteiger partial charge >= 0.3 is 17.9 Å². The first-order valence-electron chi connectivity index (χ1n) is 8.46. The van der Waals surface area contributed by atoms with Crippen molar-refractivity contribution in [2.75, 3.05) is 20.0 Å². The molecular weight excluding hydrogens is 390 g/mol. The average Bonchev–Trinajstić information content (AvgIpc) is 2.69. The zero-order valence-electron chi connectivity index (χ0n) is 15.4. The second-order valence-electron chi connectivity index (χ2n) is 5.70. The van der Waals surface area contributed by atoms with Crippen LogP contribution >= 0.6 is 0 Å². The van der Waals surface area contributed by atoms with Crippen molar-refractivity contribution >= 4 is 17.9 Å². The maximum atomic E-state index is 13.6. The van der Waals surface area contributed by atoms with Crippen LogP contribution in [0.4, 0.5) is 8.78 Å². The third kappa shape index (κ3) is 6.96. The Balaban J connectivity index is 1.96. The van der Waals surface area contributed by atoms with Gasteiger partial charge in [-0.2, -0.15) is 0 Å². The molecule has 0 radical (unpaired) electrons. The Morgan fingerprint density at radius 2 is 1.24 bits per heavy atom. The van der Waals surface area contributed by atoms with E-state index in [1.165, 1.54) is 36.4 Å². The topological polar surface area (TPSA) is 88.1 Å². The predicted octanol–water partition coefficient (Wildman–Crippen LogP) is 2.88. The minimum atomic E-state index is -1.04. The molecule has 2 rings (SSSR count). The summed E-state index contributed by atoms with van der Waals surface area (Å²) in [6, 6.07) is 10.4. The minimum Gasteiger partial charge on any atom is -0.459 e. The van der Waals surface area contributed by atoms with Gasteiger partial charge in [-0.1, -0.05) is 24.3 Å². The van der Waals surface area contributed by atoms with Crippen molar-refractivity contribution in [2.24, 2.45) is 0 Å². The van der Waals surface area contributed by atoms with Crippen molar-refractivity contribution in [2.45, 2.75) is 13.0 Å². The van der Waals surface area contributed by atoms with Crippen molar-refractivity contribution in [3.63, 3.8) is 0 Å². The highest BCUT2D eigenvalue weighted by Gasteiger charge is 2.20. The quantitative estimate of drug-likeness (QED) is 0.358. The lowest BCUT2D eigenvalue weighted by Crippen LogP contribution is -2.30. The maximum Gasteiger partial charge on any atom is 0.341 e. The smallest absolute Gasteiger partial charge is 0.341 e. The lowest BCUT2D eigenvalue weighted by molar-refractivity contribution is -0.162. The van der Waals surface area contributed by atoms with Gasteiger partial charge < -0.3 is 18.9 Å². The van der Waals surface area contributed by atoms with E-state index in [9.17, 15) is 23.2 Å². The van der Waals surface area contributed by atoms with Crippen LogP contribution in [0.1, 0.15) is 27.6 Å². The number of esters is 3. The molecule has 0 saturated carbocycles. The van der Waals surface area contributed by atoms with Crippen molar-refractivity contribution in [3.8, 4) is 0 Å². The molecule has 0 atom stereocenters. The van der Waals surface area contributed by atoms with E-state index in [2.05, 4.69) is 4.74 Å². The van der Waals surface area contributed by atoms with E-state index in [-0.39, 0.29) is 11.1 Å². The Kier molecular flexibility index (Phi) is 8.23. The fourth-order valence-corrected chi connectivity index (χ4v) is 2.10. The van der Waals surface area contributed by atoms with E-state index in [1.54, 1.807) is 0 Å². The van der Waals surface area contributed by atoms with Gasteiger partial charge in [-0.25, -0.2) is 18.4 Å². The first-order valence-corrected chi connectivity index (χ1v) is 8.46. The second-order valence-corrected chi connectivity index (χ2v) is 5.70. The number of ether oxygens (including phenoxy) is 4. The molecule has 0 bridgehead atoms. The molecule has 0 unspecified atom stereocenters. The lowest BCUT2D eigenvalue weighted by Gasteiger charge is -2.18. The van der Waals surface area contributed by atoms with Gasteiger partial charge in [-0.15, -0.1) is 0 Å². The van der Waals surface area contributed by atoms with Gasteiger partial charge in [0.05, 0.1) is 11.1 Å². The normalized spacial score (nSPS) is 10.5. The molecule has 0 fully saturated rings. The summed E-state index contributed by atoms with van der Waals surface area (Å²) in [6.45, 7) is -0.193. The molecule has 0 aliphatic carbocycles. The number of carbonyl (C=O) groups is 3. The second kappa shape index (κ2) is 10.9.